The van der Waals surface area contributed by atoms with Crippen LogP contribution in [0.15, 0.2) is 6.07 Å². The van der Waals surface area contributed by atoms with E-state index in [1.807, 2.05) is 6.07 Å². The van der Waals surface area contributed by atoms with Crippen LogP contribution in [0.2, 0.25) is 0 Å². The first kappa shape index (κ1) is 9.44. The number of nitrogens with one attached hydrogen (secondary N) is 1. The first-order valence-corrected chi connectivity index (χ1v) is 5.38. The molecule has 0 spiro atoms. The minimum Gasteiger partial charge on any atom is -0.296 e. The van der Waals surface area contributed by atoms with Crippen molar-refractivity contribution in [3.8, 4) is 0 Å². The van der Waals surface area contributed by atoms with Gasteiger partial charge < -0.3 is 0 Å². The molecule has 0 atom stereocenters. The summed E-state index contributed by atoms with van der Waals surface area (Å²) in [5.41, 5.74) is 1.63. The Labute approximate surface area is 83.9 Å². The largest absolute Gasteiger partial charge is 0.296 e. The van der Waals surface area contributed by atoms with Crippen LogP contribution in [0.4, 0.5) is 0 Å². The molecule has 3 nitrogen and oxygen atoms in total. The zero-order valence-corrected chi connectivity index (χ0v) is 8.33. The van der Waals surface area contributed by atoms with E-state index in [-0.39, 0.29) is 0 Å². The van der Waals surface area contributed by atoms with Crippen molar-refractivity contribution >= 4 is 6.29 Å². The quantitative estimate of drug-likeness (QED) is 0.747. The van der Waals surface area contributed by atoms with Gasteiger partial charge in [0.15, 0.2) is 6.29 Å². The molecule has 1 heterocycles. The van der Waals surface area contributed by atoms with E-state index >= 15 is 0 Å². The van der Waals surface area contributed by atoms with Gasteiger partial charge in [-0.2, -0.15) is 5.10 Å². The summed E-state index contributed by atoms with van der Waals surface area (Å²) in [4.78, 5) is 10.4. The molecule has 0 unspecified atom stereocenters. The first-order chi connectivity index (χ1) is 6.88. The van der Waals surface area contributed by atoms with Gasteiger partial charge in [-0.25, -0.2) is 0 Å². The number of aldehydes is 1. The van der Waals surface area contributed by atoms with Crippen molar-refractivity contribution in [3.05, 3.63) is 17.5 Å². The Morgan fingerprint density at radius 3 is 2.86 bits per heavy atom. The van der Waals surface area contributed by atoms with Gasteiger partial charge in [-0.1, -0.05) is 32.1 Å². The standard InChI is InChI=1S/C11H16N2O/c14-8-11-7-10(12-13-11)6-9-4-2-1-3-5-9/h7-9H,1-6H2,(H,12,13). The molecule has 0 saturated heterocycles. The normalized spacial score (nSPS) is 18.3. The maximum atomic E-state index is 10.4. The van der Waals surface area contributed by atoms with Crippen LogP contribution in [0, 0.1) is 5.92 Å². The summed E-state index contributed by atoms with van der Waals surface area (Å²) in [7, 11) is 0. The van der Waals surface area contributed by atoms with Crippen molar-refractivity contribution < 1.29 is 4.79 Å². The van der Waals surface area contributed by atoms with E-state index in [9.17, 15) is 4.79 Å². The average molecular weight is 192 g/mol. The van der Waals surface area contributed by atoms with Gasteiger partial charge in [0.05, 0.1) is 0 Å². The minimum atomic E-state index is 0.524. The third kappa shape index (κ3) is 2.22. The van der Waals surface area contributed by atoms with Crippen molar-refractivity contribution in [1.82, 2.24) is 10.2 Å². The predicted molar refractivity (Wildman–Crippen MR) is 54.3 cm³/mol. The minimum absolute atomic E-state index is 0.524. The van der Waals surface area contributed by atoms with Crippen LogP contribution < -0.4 is 0 Å². The van der Waals surface area contributed by atoms with Crippen LogP contribution in [0.1, 0.15) is 48.3 Å². The zero-order chi connectivity index (χ0) is 9.80. The number of H-pyrrole nitrogens is 1. The topological polar surface area (TPSA) is 45.8 Å². The number of rotatable bonds is 3. The molecule has 1 aliphatic rings. The van der Waals surface area contributed by atoms with E-state index in [0.29, 0.717) is 5.69 Å². The number of aromatic nitrogens is 2. The van der Waals surface area contributed by atoms with Crippen molar-refractivity contribution in [3.63, 3.8) is 0 Å². The molecule has 1 N–H and O–H groups in total. The number of aromatic amines is 1. The lowest BCUT2D eigenvalue weighted by molar-refractivity contribution is 0.111. The van der Waals surface area contributed by atoms with Crippen LogP contribution >= 0.6 is 0 Å². The summed E-state index contributed by atoms with van der Waals surface area (Å²) in [6, 6.07) is 1.86. The lowest BCUT2D eigenvalue weighted by Crippen LogP contribution is -2.09. The maximum absolute atomic E-state index is 10.4. The number of carbonyl (C=O) groups is 1. The molecule has 1 aliphatic carbocycles. The van der Waals surface area contributed by atoms with E-state index in [2.05, 4.69) is 10.2 Å². The zero-order valence-electron chi connectivity index (χ0n) is 8.33. The van der Waals surface area contributed by atoms with E-state index < -0.39 is 0 Å². The first-order valence-electron chi connectivity index (χ1n) is 5.38. The highest BCUT2D eigenvalue weighted by Crippen LogP contribution is 2.26. The molecular weight excluding hydrogens is 176 g/mol. The molecular formula is C11H16N2O. The summed E-state index contributed by atoms with van der Waals surface area (Å²) in [6.07, 6.45) is 8.62. The smallest absolute Gasteiger partial charge is 0.170 e. The summed E-state index contributed by atoms with van der Waals surface area (Å²) in [6.45, 7) is 0. The Kier molecular flexibility index (Phi) is 2.96. The Hall–Kier alpha value is -1.12. The molecule has 14 heavy (non-hydrogen) atoms. The van der Waals surface area contributed by atoms with E-state index in [1.54, 1.807) is 0 Å². The summed E-state index contributed by atoms with van der Waals surface area (Å²) >= 11 is 0. The molecule has 0 aliphatic heterocycles. The number of hydrogen-bond acceptors (Lipinski definition) is 2. The average Bonchev–Trinajstić information content (AvgIpc) is 2.67. The Morgan fingerprint density at radius 1 is 1.43 bits per heavy atom. The molecule has 2 rings (SSSR count). The molecule has 3 heteroatoms. The van der Waals surface area contributed by atoms with Crippen LogP contribution in [0.5, 0.6) is 0 Å². The third-order valence-electron chi connectivity index (χ3n) is 3.00. The predicted octanol–water partition coefficient (Wildman–Crippen LogP) is 2.34. The molecule has 0 aromatic carbocycles. The highest BCUT2D eigenvalue weighted by molar-refractivity contribution is 5.71. The Bertz CT molecular complexity index is 300. The van der Waals surface area contributed by atoms with Crippen LogP contribution in [-0.4, -0.2) is 16.5 Å². The fourth-order valence-corrected chi connectivity index (χ4v) is 2.25. The van der Waals surface area contributed by atoms with Gasteiger partial charge in [0.25, 0.3) is 0 Å². The molecule has 1 aromatic heterocycles. The molecule has 0 amide bonds. The van der Waals surface area contributed by atoms with Crippen molar-refractivity contribution in [2.24, 2.45) is 5.92 Å². The fourth-order valence-electron chi connectivity index (χ4n) is 2.25. The van der Waals surface area contributed by atoms with Crippen LogP contribution in [0.25, 0.3) is 0 Å². The van der Waals surface area contributed by atoms with Crippen molar-refractivity contribution in [2.75, 3.05) is 0 Å². The second-order valence-corrected chi connectivity index (χ2v) is 4.14. The highest BCUT2D eigenvalue weighted by atomic mass is 16.1. The van der Waals surface area contributed by atoms with Crippen molar-refractivity contribution in [1.29, 1.82) is 0 Å². The van der Waals surface area contributed by atoms with Gasteiger partial charge in [-0.3, -0.25) is 9.89 Å². The SMILES string of the molecule is O=Cc1cc(CC2CCCCC2)[nH]n1. The number of carbonyl (C=O) groups excluding carboxylic acids is 1. The van der Waals surface area contributed by atoms with E-state index in [4.69, 9.17) is 0 Å². The molecule has 0 bridgehead atoms. The van der Waals surface area contributed by atoms with Crippen LogP contribution in [-0.2, 0) is 6.42 Å². The molecule has 1 saturated carbocycles. The van der Waals surface area contributed by atoms with Gasteiger partial charge in [0, 0.05) is 5.69 Å². The molecule has 0 radical (unpaired) electrons. The van der Waals surface area contributed by atoms with E-state index in [1.165, 1.54) is 32.1 Å². The molecule has 1 fully saturated rings. The second kappa shape index (κ2) is 4.40. The lowest BCUT2D eigenvalue weighted by atomic mass is 9.86. The van der Waals surface area contributed by atoms with Crippen LogP contribution in [0.3, 0.4) is 0 Å². The Balaban J connectivity index is 1.92. The molecule has 76 valence electrons. The molecule has 1 aromatic rings. The van der Waals surface area contributed by atoms with Crippen molar-refractivity contribution in [2.45, 2.75) is 38.5 Å². The van der Waals surface area contributed by atoms with Gasteiger partial charge in [0.2, 0.25) is 0 Å². The number of hydrogen-bond donors (Lipinski definition) is 1. The van der Waals surface area contributed by atoms with E-state index in [0.717, 1.165) is 24.3 Å². The summed E-state index contributed by atoms with van der Waals surface area (Å²) < 4.78 is 0. The lowest BCUT2D eigenvalue weighted by Gasteiger charge is -2.20. The highest BCUT2D eigenvalue weighted by Gasteiger charge is 2.14. The monoisotopic (exact) mass is 192 g/mol. The summed E-state index contributed by atoms with van der Waals surface area (Å²) in [5.74, 6) is 0.795. The maximum Gasteiger partial charge on any atom is 0.170 e. The van der Waals surface area contributed by atoms with Gasteiger partial charge in [0.1, 0.15) is 5.69 Å². The fraction of sp³-hybridized carbons (Fsp3) is 0.636. The Morgan fingerprint density at radius 2 is 2.21 bits per heavy atom. The third-order valence-corrected chi connectivity index (χ3v) is 3.00. The summed E-state index contributed by atoms with van der Waals surface area (Å²) in [5, 5.41) is 6.83. The van der Waals surface area contributed by atoms with Gasteiger partial charge in [-0.05, 0) is 18.4 Å². The van der Waals surface area contributed by atoms with Gasteiger partial charge in [-0.15, -0.1) is 0 Å². The van der Waals surface area contributed by atoms with Gasteiger partial charge >= 0.3 is 0 Å². The second-order valence-electron chi connectivity index (χ2n) is 4.14. The number of nitrogens with zero attached hydrogens (tertiary/aromatic N) is 1.